The van der Waals surface area contributed by atoms with Crippen LogP contribution >= 0.6 is 0 Å². The van der Waals surface area contributed by atoms with Gasteiger partial charge in [0.05, 0.1) is 5.56 Å². The molecule has 0 saturated carbocycles. The van der Waals surface area contributed by atoms with Crippen LogP contribution in [0.1, 0.15) is 65.0 Å². The zero-order valence-electron chi connectivity index (χ0n) is 21.3. The summed E-state index contributed by atoms with van der Waals surface area (Å²) in [5, 5.41) is 0. The maximum absolute atomic E-state index is 13.8. The summed E-state index contributed by atoms with van der Waals surface area (Å²) in [6.45, 7) is 6.71. The van der Waals surface area contributed by atoms with Gasteiger partial charge in [-0.25, -0.2) is 8.42 Å². The molecule has 9 heteroatoms. The minimum atomic E-state index is -3.87. The van der Waals surface area contributed by atoms with Crippen LogP contribution < -0.4 is 0 Å². The summed E-state index contributed by atoms with van der Waals surface area (Å²) in [6.07, 6.45) is 4.83. The van der Waals surface area contributed by atoms with E-state index in [1.165, 1.54) is 15.4 Å². The van der Waals surface area contributed by atoms with E-state index in [4.69, 9.17) is 0 Å². The molecule has 0 radical (unpaired) electrons. The van der Waals surface area contributed by atoms with E-state index in [-0.39, 0.29) is 41.3 Å². The number of aromatic amines is 1. The number of aromatic nitrogens is 1. The first kappa shape index (κ1) is 25.0. The Morgan fingerprint density at radius 1 is 0.861 bits per heavy atom. The van der Waals surface area contributed by atoms with Gasteiger partial charge in [-0.2, -0.15) is 4.31 Å². The van der Waals surface area contributed by atoms with Gasteiger partial charge in [0.15, 0.2) is 0 Å². The lowest BCUT2D eigenvalue weighted by Gasteiger charge is -2.36. The number of fused-ring (bicyclic) bond motifs is 1. The fourth-order valence-electron chi connectivity index (χ4n) is 6.01. The van der Waals surface area contributed by atoms with E-state index in [9.17, 15) is 18.0 Å². The second kappa shape index (κ2) is 10.0. The van der Waals surface area contributed by atoms with Gasteiger partial charge in [-0.3, -0.25) is 9.59 Å². The standard InChI is InChI=1S/C27H36N4O4S/c1-19-24(27(33)29-13-6-3-7-14-29)25(20(2)28-19)36(34,35)31-16-11-22(12-17-31)26(32)30-15-10-21-8-4-5-9-23(21)18-30/h4-5,8-9,22,28H,3,6-7,10-18H2,1-2H3. The number of piperidine rings is 2. The molecule has 2 saturated heterocycles. The fourth-order valence-corrected chi connectivity index (χ4v) is 7.89. The number of nitrogens with zero attached hydrogens (tertiary/aromatic N) is 3. The van der Waals surface area contributed by atoms with E-state index in [0.717, 1.165) is 25.7 Å². The minimum absolute atomic E-state index is 0.105. The van der Waals surface area contributed by atoms with Crippen LogP contribution in [0.4, 0.5) is 0 Å². The van der Waals surface area contributed by atoms with Crippen molar-refractivity contribution in [2.24, 2.45) is 5.92 Å². The Morgan fingerprint density at radius 2 is 1.53 bits per heavy atom. The normalized spacial score (nSPS) is 19.8. The van der Waals surface area contributed by atoms with Crippen molar-refractivity contribution in [3.05, 3.63) is 52.3 Å². The molecule has 3 aliphatic rings. The predicted octanol–water partition coefficient (Wildman–Crippen LogP) is 3.24. The molecule has 0 spiro atoms. The summed E-state index contributed by atoms with van der Waals surface area (Å²) in [6, 6.07) is 8.24. The second-order valence-electron chi connectivity index (χ2n) is 10.4. The van der Waals surface area contributed by atoms with Crippen molar-refractivity contribution in [1.29, 1.82) is 0 Å². The number of H-pyrrole nitrogens is 1. The molecule has 1 aromatic heterocycles. The Kier molecular flexibility index (Phi) is 6.96. The Bertz CT molecular complexity index is 1250. The van der Waals surface area contributed by atoms with Gasteiger partial charge in [0.25, 0.3) is 5.91 Å². The monoisotopic (exact) mass is 512 g/mol. The highest BCUT2D eigenvalue weighted by molar-refractivity contribution is 7.89. The number of aryl methyl sites for hydroxylation is 2. The predicted molar refractivity (Wildman–Crippen MR) is 137 cm³/mol. The highest BCUT2D eigenvalue weighted by Gasteiger charge is 2.39. The van der Waals surface area contributed by atoms with Gasteiger partial charge in [0, 0.05) is 56.6 Å². The topological polar surface area (TPSA) is 93.8 Å². The van der Waals surface area contributed by atoms with Crippen LogP contribution in [0.5, 0.6) is 0 Å². The first-order valence-electron chi connectivity index (χ1n) is 13.1. The molecule has 2 aromatic rings. The van der Waals surface area contributed by atoms with Crippen LogP contribution in [0.25, 0.3) is 0 Å². The molecule has 1 aromatic carbocycles. The molecule has 0 aliphatic carbocycles. The van der Waals surface area contributed by atoms with Crippen LogP contribution in [0.3, 0.4) is 0 Å². The molecule has 2 fully saturated rings. The van der Waals surface area contributed by atoms with E-state index < -0.39 is 10.0 Å². The summed E-state index contributed by atoms with van der Waals surface area (Å²) in [5.74, 6) is -0.257. The molecule has 3 aliphatic heterocycles. The average molecular weight is 513 g/mol. The van der Waals surface area contributed by atoms with E-state index in [0.29, 0.717) is 50.4 Å². The molecule has 2 amide bonds. The molecular weight excluding hydrogens is 476 g/mol. The minimum Gasteiger partial charge on any atom is -0.361 e. The van der Waals surface area contributed by atoms with E-state index >= 15 is 0 Å². The van der Waals surface area contributed by atoms with E-state index in [1.54, 1.807) is 18.7 Å². The van der Waals surface area contributed by atoms with Crippen molar-refractivity contribution < 1.29 is 18.0 Å². The van der Waals surface area contributed by atoms with Crippen molar-refractivity contribution in [3.8, 4) is 0 Å². The van der Waals surface area contributed by atoms with Crippen LogP contribution in [-0.2, 0) is 27.8 Å². The molecule has 0 bridgehead atoms. The highest BCUT2D eigenvalue weighted by Crippen LogP contribution is 2.32. The van der Waals surface area contributed by atoms with Gasteiger partial charge >= 0.3 is 0 Å². The average Bonchev–Trinajstić information content (AvgIpc) is 3.22. The lowest BCUT2D eigenvalue weighted by atomic mass is 9.94. The number of amides is 2. The van der Waals surface area contributed by atoms with Gasteiger partial charge < -0.3 is 14.8 Å². The zero-order valence-corrected chi connectivity index (χ0v) is 22.1. The second-order valence-corrected chi connectivity index (χ2v) is 12.3. The SMILES string of the molecule is Cc1[nH]c(C)c(S(=O)(=O)N2CCC(C(=O)N3CCc4ccccc4C3)CC2)c1C(=O)N1CCCCC1. The van der Waals surface area contributed by atoms with Crippen LogP contribution in [0.2, 0.25) is 0 Å². The third-order valence-corrected chi connectivity index (χ3v) is 10.1. The van der Waals surface area contributed by atoms with Crippen molar-refractivity contribution >= 4 is 21.8 Å². The number of carbonyl (C=O) groups is 2. The quantitative estimate of drug-likeness (QED) is 0.681. The maximum Gasteiger partial charge on any atom is 0.257 e. The molecule has 194 valence electrons. The maximum atomic E-state index is 13.8. The first-order valence-corrected chi connectivity index (χ1v) is 14.6. The van der Waals surface area contributed by atoms with Gasteiger partial charge in [-0.15, -0.1) is 0 Å². The van der Waals surface area contributed by atoms with Crippen molar-refractivity contribution in [2.45, 2.75) is 63.8 Å². The number of likely N-dealkylation sites (tertiary alicyclic amines) is 1. The van der Waals surface area contributed by atoms with Crippen LogP contribution in [-0.4, -0.2) is 72.0 Å². The van der Waals surface area contributed by atoms with Crippen molar-refractivity contribution in [1.82, 2.24) is 19.1 Å². The first-order chi connectivity index (χ1) is 17.3. The molecule has 0 unspecified atom stereocenters. The van der Waals surface area contributed by atoms with Crippen molar-refractivity contribution in [2.75, 3.05) is 32.7 Å². The Hall–Kier alpha value is -2.65. The van der Waals surface area contributed by atoms with Gasteiger partial charge in [0.1, 0.15) is 4.90 Å². The number of carbonyl (C=O) groups excluding carboxylic acids is 2. The molecule has 36 heavy (non-hydrogen) atoms. The zero-order chi connectivity index (χ0) is 25.4. The molecule has 4 heterocycles. The van der Waals surface area contributed by atoms with Crippen LogP contribution in [0.15, 0.2) is 29.2 Å². The number of sulfonamides is 1. The number of benzene rings is 1. The molecule has 8 nitrogen and oxygen atoms in total. The Labute approximate surface area is 213 Å². The number of hydrogen-bond donors (Lipinski definition) is 1. The smallest absolute Gasteiger partial charge is 0.257 e. The Balaban J connectivity index is 1.29. The number of rotatable bonds is 4. The third-order valence-electron chi connectivity index (χ3n) is 8.02. The third kappa shape index (κ3) is 4.59. The van der Waals surface area contributed by atoms with Gasteiger partial charge in [0.2, 0.25) is 15.9 Å². The summed E-state index contributed by atoms with van der Waals surface area (Å²) in [4.78, 5) is 33.5. The molecule has 1 N–H and O–H groups in total. The van der Waals surface area contributed by atoms with E-state index in [1.807, 2.05) is 17.0 Å². The Morgan fingerprint density at radius 3 is 2.22 bits per heavy atom. The van der Waals surface area contributed by atoms with Crippen LogP contribution in [0, 0.1) is 19.8 Å². The molecular formula is C27H36N4O4S. The fraction of sp³-hybridized carbons (Fsp3) is 0.556. The van der Waals surface area contributed by atoms with Gasteiger partial charge in [-0.1, -0.05) is 24.3 Å². The molecule has 0 atom stereocenters. The lowest BCUT2D eigenvalue weighted by Crippen LogP contribution is -2.46. The highest BCUT2D eigenvalue weighted by atomic mass is 32.2. The van der Waals surface area contributed by atoms with Crippen molar-refractivity contribution in [3.63, 3.8) is 0 Å². The molecule has 5 rings (SSSR count). The van der Waals surface area contributed by atoms with Gasteiger partial charge in [-0.05, 0) is 63.5 Å². The number of hydrogen-bond acceptors (Lipinski definition) is 4. The lowest BCUT2D eigenvalue weighted by molar-refractivity contribution is -0.137. The summed E-state index contributed by atoms with van der Waals surface area (Å²) >= 11 is 0. The summed E-state index contributed by atoms with van der Waals surface area (Å²) in [7, 11) is -3.87. The van der Waals surface area contributed by atoms with E-state index in [2.05, 4.69) is 17.1 Å². The largest absolute Gasteiger partial charge is 0.361 e. The number of nitrogens with one attached hydrogen (secondary N) is 1. The summed E-state index contributed by atoms with van der Waals surface area (Å²) < 4.78 is 29.0. The summed E-state index contributed by atoms with van der Waals surface area (Å²) in [5.41, 5.74) is 3.87.